The molecule has 0 saturated carbocycles. The number of amides is 1. The maximum absolute atomic E-state index is 12.6. The Bertz CT molecular complexity index is 784. The van der Waals surface area contributed by atoms with Gasteiger partial charge in [-0.3, -0.25) is 4.79 Å². The largest absolute Gasteiger partial charge is 0.495 e. The molecule has 23 heavy (non-hydrogen) atoms. The van der Waals surface area contributed by atoms with E-state index in [0.29, 0.717) is 11.4 Å². The monoisotopic (exact) mass is 338 g/mol. The van der Waals surface area contributed by atoms with Crippen LogP contribution in [0.1, 0.15) is 25.6 Å². The molecule has 0 bridgehead atoms. The highest BCUT2D eigenvalue weighted by molar-refractivity contribution is 7.89. The molecule has 0 unspecified atom stereocenters. The predicted octanol–water partition coefficient (Wildman–Crippen LogP) is 2.29. The number of anilines is 1. The second kappa shape index (κ2) is 6.84. The summed E-state index contributed by atoms with van der Waals surface area (Å²) in [5, 5.41) is 2.54. The Morgan fingerprint density at radius 1 is 1.30 bits per heavy atom. The summed E-state index contributed by atoms with van der Waals surface area (Å²) in [5.74, 6) is 0.374. The number of benzene rings is 1. The van der Waals surface area contributed by atoms with Crippen LogP contribution in [-0.4, -0.2) is 21.4 Å². The van der Waals surface area contributed by atoms with Gasteiger partial charge in [-0.05, 0) is 37.3 Å². The van der Waals surface area contributed by atoms with Crippen molar-refractivity contribution in [2.75, 3.05) is 12.4 Å². The zero-order valence-electron chi connectivity index (χ0n) is 13.0. The summed E-state index contributed by atoms with van der Waals surface area (Å²) in [4.78, 5) is 11.1. The molecule has 124 valence electrons. The minimum absolute atomic E-state index is 0.0651. The van der Waals surface area contributed by atoms with Crippen LogP contribution in [0.15, 0.2) is 45.9 Å². The van der Waals surface area contributed by atoms with Crippen molar-refractivity contribution in [3.63, 3.8) is 0 Å². The van der Waals surface area contributed by atoms with Gasteiger partial charge in [-0.25, -0.2) is 13.1 Å². The van der Waals surface area contributed by atoms with Crippen LogP contribution in [0.5, 0.6) is 5.75 Å². The summed E-state index contributed by atoms with van der Waals surface area (Å²) in [6.07, 6.45) is 1.47. The van der Waals surface area contributed by atoms with Crippen LogP contribution in [0.25, 0.3) is 0 Å². The van der Waals surface area contributed by atoms with Crippen LogP contribution in [-0.2, 0) is 14.8 Å². The van der Waals surface area contributed by atoms with E-state index in [1.807, 2.05) is 0 Å². The zero-order chi connectivity index (χ0) is 17.0. The quantitative estimate of drug-likeness (QED) is 0.842. The van der Waals surface area contributed by atoms with Gasteiger partial charge in [0.25, 0.3) is 0 Å². The lowest BCUT2D eigenvalue weighted by Crippen LogP contribution is -2.27. The lowest BCUT2D eigenvalue weighted by atomic mass is 10.3. The molecular weight excluding hydrogens is 320 g/mol. The lowest BCUT2D eigenvalue weighted by molar-refractivity contribution is -0.114. The average Bonchev–Trinajstić information content (AvgIpc) is 3.00. The molecule has 2 aromatic rings. The molecule has 1 amide bonds. The number of sulfonamides is 1. The Morgan fingerprint density at radius 3 is 2.61 bits per heavy atom. The van der Waals surface area contributed by atoms with E-state index in [1.165, 1.54) is 32.4 Å². The van der Waals surface area contributed by atoms with Crippen LogP contribution in [0.3, 0.4) is 0 Å². The van der Waals surface area contributed by atoms with Crippen molar-refractivity contribution < 1.29 is 22.4 Å². The van der Waals surface area contributed by atoms with Crippen LogP contribution in [0.2, 0.25) is 0 Å². The summed E-state index contributed by atoms with van der Waals surface area (Å²) in [5.41, 5.74) is 0.365. The van der Waals surface area contributed by atoms with Crippen molar-refractivity contribution in [1.29, 1.82) is 0 Å². The fourth-order valence-corrected chi connectivity index (χ4v) is 3.47. The SMILES string of the molecule is COc1ccc(NC(C)=O)cc1S(=O)(=O)N[C@@H](C)c1ccco1. The number of carbonyl (C=O) groups excluding carboxylic acids is 1. The number of rotatable bonds is 6. The van der Waals surface area contributed by atoms with E-state index in [-0.39, 0.29) is 16.6 Å². The van der Waals surface area contributed by atoms with E-state index < -0.39 is 16.1 Å². The number of furan rings is 1. The van der Waals surface area contributed by atoms with Crippen LogP contribution >= 0.6 is 0 Å². The van der Waals surface area contributed by atoms with Gasteiger partial charge >= 0.3 is 0 Å². The summed E-state index contributed by atoms with van der Waals surface area (Å²) in [6.45, 7) is 3.01. The summed E-state index contributed by atoms with van der Waals surface area (Å²) in [6, 6.07) is 7.20. The second-order valence-electron chi connectivity index (χ2n) is 4.91. The van der Waals surface area contributed by atoms with Gasteiger partial charge in [-0.1, -0.05) is 0 Å². The summed E-state index contributed by atoms with van der Waals surface area (Å²) in [7, 11) is -2.50. The molecule has 0 aliphatic rings. The highest BCUT2D eigenvalue weighted by Crippen LogP contribution is 2.28. The van der Waals surface area contributed by atoms with E-state index in [0.717, 1.165) is 0 Å². The Balaban J connectivity index is 2.35. The molecular formula is C15H18N2O5S. The summed E-state index contributed by atoms with van der Waals surface area (Å²) >= 11 is 0. The third-order valence-corrected chi connectivity index (χ3v) is 4.64. The molecule has 0 radical (unpaired) electrons. The smallest absolute Gasteiger partial charge is 0.244 e. The first-order valence-corrected chi connectivity index (χ1v) is 8.33. The van der Waals surface area contributed by atoms with Gasteiger partial charge in [-0.15, -0.1) is 0 Å². The highest BCUT2D eigenvalue weighted by Gasteiger charge is 2.24. The number of hydrogen-bond donors (Lipinski definition) is 2. The van der Waals surface area contributed by atoms with Crippen molar-refractivity contribution in [1.82, 2.24) is 4.72 Å². The maximum Gasteiger partial charge on any atom is 0.244 e. The minimum atomic E-state index is -3.87. The fourth-order valence-electron chi connectivity index (χ4n) is 2.06. The third-order valence-electron chi connectivity index (χ3n) is 3.08. The molecule has 1 atom stereocenters. The third kappa shape index (κ3) is 4.11. The van der Waals surface area contributed by atoms with Crippen molar-refractivity contribution in [2.45, 2.75) is 24.8 Å². The first-order valence-electron chi connectivity index (χ1n) is 6.85. The Kier molecular flexibility index (Phi) is 5.07. The van der Waals surface area contributed by atoms with Crippen molar-refractivity contribution in [3.05, 3.63) is 42.4 Å². The molecule has 1 heterocycles. The number of hydrogen-bond acceptors (Lipinski definition) is 5. The Hall–Kier alpha value is -2.32. The minimum Gasteiger partial charge on any atom is -0.495 e. The number of nitrogens with one attached hydrogen (secondary N) is 2. The van der Waals surface area contributed by atoms with Gasteiger partial charge in [0.15, 0.2) is 0 Å². The van der Waals surface area contributed by atoms with E-state index in [4.69, 9.17) is 9.15 Å². The number of methoxy groups -OCH3 is 1. The van der Waals surface area contributed by atoms with E-state index in [1.54, 1.807) is 25.1 Å². The highest BCUT2D eigenvalue weighted by atomic mass is 32.2. The second-order valence-corrected chi connectivity index (χ2v) is 6.59. The van der Waals surface area contributed by atoms with E-state index >= 15 is 0 Å². The van der Waals surface area contributed by atoms with Gasteiger partial charge in [0, 0.05) is 12.6 Å². The molecule has 7 nitrogen and oxygen atoms in total. The van der Waals surface area contributed by atoms with Crippen LogP contribution < -0.4 is 14.8 Å². The van der Waals surface area contributed by atoms with Gasteiger partial charge in [-0.2, -0.15) is 0 Å². The maximum atomic E-state index is 12.6. The molecule has 0 saturated heterocycles. The topological polar surface area (TPSA) is 97.6 Å². The molecule has 2 rings (SSSR count). The predicted molar refractivity (Wildman–Crippen MR) is 84.7 cm³/mol. The molecule has 8 heteroatoms. The lowest BCUT2D eigenvalue weighted by Gasteiger charge is -2.15. The average molecular weight is 338 g/mol. The first kappa shape index (κ1) is 17.0. The normalized spacial score (nSPS) is 12.7. The molecule has 0 aliphatic carbocycles. The zero-order valence-corrected chi connectivity index (χ0v) is 13.8. The number of ether oxygens (including phenoxy) is 1. The van der Waals surface area contributed by atoms with Crippen molar-refractivity contribution in [2.24, 2.45) is 0 Å². The van der Waals surface area contributed by atoms with E-state index in [2.05, 4.69) is 10.0 Å². The summed E-state index contributed by atoms with van der Waals surface area (Å²) < 4.78 is 38.0. The standard InChI is InChI=1S/C15H18N2O5S/c1-10(13-5-4-8-22-13)17-23(19,20)15-9-12(16-11(2)18)6-7-14(15)21-3/h4-10,17H,1-3H3,(H,16,18)/t10-/m0/s1. The van der Waals surface area contributed by atoms with Gasteiger partial charge in [0.05, 0.1) is 19.4 Å². The molecule has 0 spiro atoms. The number of carbonyl (C=O) groups is 1. The molecule has 1 aromatic carbocycles. The molecule has 2 N–H and O–H groups in total. The first-order chi connectivity index (χ1) is 10.8. The van der Waals surface area contributed by atoms with Crippen molar-refractivity contribution >= 4 is 21.6 Å². The molecule has 0 aliphatic heterocycles. The molecule has 0 fully saturated rings. The van der Waals surface area contributed by atoms with Crippen LogP contribution in [0.4, 0.5) is 5.69 Å². The van der Waals surface area contributed by atoms with Crippen LogP contribution in [0, 0.1) is 0 Å². The fraction of sp³-hybridized carbons (Fsp3) is 0.267. The van der Waals surface area contributed by atoms with Crippen molar-refractivity contribution in [3.8, 4) is 5.75 Å². The van der Waals surface area contributed by atoms with Gasteiger partial charge in [0.2, 0.25) is 15.9 Å². The van der Waals surface area contributed by atoms with Gasteiger partial charge < -0.3 is 14.5 Å². The Morgan fingerprint density at radius 2 is 2.04 bits per heavy atom. The van der Waals surface area contributed by atoms with E-state index in [9.17, 15) is 13.2 Å². The van der Waals surface area contributed by atoms with Gasteiger partial charge in [0.1, 0.15) is 16.4 Å². The molecule has 1 aromatic heterocycles. The Labute approximate surface area is 134 Å².